The monoisotopic (exact) mass is 488 g/mol. The van der Waals surface area contributed by atoms with Crippen LogP contribution in [-0.4, -0.2) is 60.6 Å². The fraction of sp³-hybridized carbons (Fsp3) is 0.737. The highest BCUT2D eigenvalue weighted by Gasteiger charge is 2.58. The molecule has 0 radical (unpaired) electrons. The number of aliphatic imine (C=N–C) groups is 1. The van der Waals surface area contributed by atoms with E-state index in [1.165, 1.54) is 4.90 Å². The predicted octanol–water partition coefficient (Wildman–Crippen LogP) is 0.737. The molecule has 8 heteroatoms. The van der Waals surface area contributed by atoms with E-state index >= 15 is 0 Å². The van der Waals surface area contributed by atoms with Gasteiger partial charge >= 0.3 is 0 Å². The summed E-state index contributed by atoms with van der Waals surface area (Å²) in [7, 11) is 1.69. The topological polar surface area (TPSA) is 94.0 Å². The summed E-state index contributed by atoms with van der Waals surface area (Å²) in [5.41, 5.74) is 0. The summed E-state index contributed by atoms with van der Waals surface area (Å²) in [6, 6.07) is 0. The number of guanidine groups is 1. The lowest BCUT2D eigenvalue weighted by Crippen LogP contribution is -2.45. The van der Waals surface area contributed by atoms with E-state index < -0.39 is 0 Å². The lowest BCUT2D eigenvalue weighted by molar-refractivity contribution is -0.140. The molecule has 1 heterocycles. The van der Waals surface area contributed by atoms with Crippen LogP contribution in [0.4, 0.5) is 0 Å². The van der Waals surface area contributed by atoms with Crippen LogP contribution in [0, 0.1) is 29.6 Å². The van der Waals surface area contributed by atoms with Crippen LogP contribution in [0.15, 0.2) is 17.1 Å². The smallest absolute Gasteiger partial charge is 0.233 e. The van der Waals surface area contributed by atoms with Crippen molar-refractivity contribution in [3.63, 3.8) is 0 Å². The molecule has 3 aliphatic carbocycles. The maximum atomic E-state index is 12.6. The highest BCUT2D eigenvalue weighted by molar-refractivity contribution is 14.0. The van der Waals surface area contributed by atoms with E-state index in [0.29, 0.717) is 25.6 Å². The number of nitrogens with zero attached hydrogens (tertiary/aromatic N) is 2. The van der Waals surface area contributed by atoms with Crippen molar-refractivity contribution in [2.75, 3.05) is 26.7 Å². The molecule has 2 saturated carbocycles. The van der Waals surface area contributed by atoms with Gasteiger partial charge in [0, 0.05) is 32.6 Å². The second-order valence-corrected chi connectivity index (χ2v) is 7.97. The summed E-state index contributed by atoms with van der Waals surface area (Å²) >= 11 is 0. The summed E-state index contributed by atoms with van der Waals surface area (Å²) < 4.78 is 0. The van der Waals surface area contributed by atoms with E-state index in [1.54, 1.807) is 7.05 Å². The first-order valence-corrected chi connectivity index (χ1v) is 9.76. The van der Waals surface area contributed by atoms with Crippen LogP contribution < -0.4 is 10.6 Å². The molecule has 1 aliphatic heterocycles. The minimum atomic E-state index is -0.233. The zero-order chi connectivity index (χ0) is 18.3. The molecule has 2 bridgehead atoms. The van der Waals surface area contributed by atoms with Gasteiger partial charge < -0.3 is 15.7 Å². The Morgan fingerprint density at radius 1 is 1.19 bits per heavy atom. The number of amides is 2. The number of carbonyl (C=O) groups excluding carboxylic acids is 2. The zero-order valence-electron chi connectivity index (χ0n) is 15.6. The molecular formula is C19H29IN4O3. The number of fused-ring (bicyclic) bond motifs is 5. The first kappa shape index (κ1) is 20.6. The second-order valence-electron chi connectivity index (χ2n) is 7.97. The standard InChI is InChI=1S/C19H28N4O3.HI/c1-20-19(22-10-13-3-2-4-14(13)24)21-7-8-23-17(25)15-11-5-6-12(9-11)16(15)18(23)26;/h5-6,11-16,24H,2-4,7-10H2,1H3,(H2,20,21,22);1H. The fourth-order valence-corrected chi connectivity index (χ4v) is 5.17. The fourth-order valence-electron chi connectivity index (χ4n) is 5.17. The van der Waals surface area contributed by atoms with Crippen molar-refractivity contribution >= 4 is 41.8 Å². The van der Waals surface area contributed by atoms with Crippen LogP contribution in [0.2, 0.25) is 0 Å². The van der Waals surface area contributed by atoms with Gasteiger partial charge in [0.05, 0.1) is 17.9 Å². The highest BCUT2D eigenvalue weighted by atomic mass is 127. The molecule has 6 atom stereocenters. The molecule has 0 aromatic rings. The van der Waals surface area contributed by atoms with Crippen molar-refractivity contribution in [2.24, 2.45) is 34.6 Å². The lowest BCUT2D eigenvalue weighted by atomic mass is 9.85. The minimum absolute atomic E-state index is 0. The van der Waals surface area contributed by atoms with Gasteiger partial charge in [0.25, 0.3) is 0 Å². The second kappa shape index (κ2) is 8.46. The zero-order valence-corrected chi connectivity index (χ0v) is 18.0. The third-order valence-corrected chi connectivity index (χ3v) is 6.56. The molecule has 4 aliphatic rings. The van der Waals surface area contributed by atoms with E-state index in [4.69, 9.17) is 0 Å². The maximum Gasteiger partial charge on any atom is 0.233 e. The van der Waals surface area contributed by atoms with Crippen LogP contribution in [0.3, 0.4) is 0 Å². The van der Waals surface area contributed by atoms with Gasteiger partial charge in [-0.05, 0) is 31.1 Å². The number of nitrogens with one attached hydrogen (secondary N) is 2. The van der Waals surface area contributed by atoms with E-state index in [1.807, 2.05) is 0 Å². The Morgan fingerprint density at radius 3 is 2.41 bits per heavy atom. The van der Waals surface area contributed by atoms with Gasteiger partial charge in [-0.25, -0.2) is 0 Å². The third-order valence-electron chi connectivity index (χ3n) is 6.56. The molecule has 0 spiro atoms. The van der Waals surface area contributed by atoms with Crippen LogP contribution in [0.5, 0.6) is 0 Å². The van der Waals surface area contributed by atoms with Crippen molar-refractivity contribution in [3.8, 4) is 0 Å². The van der Waals surface area contributed by atoms with E-state index in [2.05, 4.69) is 27.8 Å². The van der Waals surface area contributed by atoms with Crippen molar-refractivity contribution in [2.45, 2.75) is 31.8 Å². The van der Waals surface area contributed by atoms with Gasteiger partial charge in [0.2, 0.25) is 11.8 Å². The number of hydrogen-bond donors (Lipinski definition) is 3. The molecule has 3 fully saturated rings. The molecule has 27 heavy (non-hydrogen) atoms. The quantitative estimate of drug-likeness (QED) is 0.175. The van der Waals surface area contributed by atoms with Crippen molar-refractivity contribution in [3.05, 3.63) is 12.2 Å². The van der Waals surface area contributed by atoms with E-state index in [-0.39, 0.29) is 71.5 Å². The Labute approximate surface area is 177 Å². The molecule has 4 rings (SSSR count). The summed E-state index contributed by atoms with van der Waals surface area (Å²) in [5, 5.41) is 16.3. The molecule has 0 aromatic heterocycles. The van der Waals surface area contributed by atoms with Crippen LogP contribution >= 0.6 is 24.0 Å². The number of likely N-dealkylation sites (tertiary alicyclic amines) is 1. The van der Waals surface area contributed by atoms with Crippen molar-refractivity contribution in [1.82, 2.24) is 15.5 Å². The third kappa shape index (κ3) is 3.74. The van der Waals surface area contributed by atoms with Crippen LogP contribution in [0.25, 0.3) is 0 Å². The predicted molar refractivity (Wildman–Crippen MR) is 113 cm³/mol. The molecule has 150 valence electrons. The number of rotatable bonds is 5. The summed E-state index contributed by atoms with van der Waals surface area (Å²) in [6.07, 6.45) is 7.92. The number of aliphatic hydroxyl groups is 1. The van der Waals surface area contributed by atoms with Gasteiger partial charge in [-0.2, -0.15) is 0 Å². The normalized spacial score (nSPS) is 37.0. The molecule has 3 N–H and O–H groups in total. The summed E-state index contributed by atoms with van der Waals surface area (Å²) in [5.74, 6) is 1.16. The SMILES string of the molecule is CN=C(NCCN1C(=O)C2C3C=CC(C3)C2C1=O)NCC1CCCC1O.I. The molecule has 1 saturated heterocycles. The minimum Gasteiger partial charge on any atom is -0.393 e. The average molecular weight is 488 g/mol. The van der Waals surface area contributed by atoms with Crippen LogP contribution in [-0.2, 0) is 9.59 Å². The highest BCUT2D eigenvalue weighted by Crippen LogP contribution is 2.52. The number of hydrogen-bond acceptors (Lipinski definition) is 4. The number of imide groups is 1. The van der Waals surface area contributed by atoms with Gasteiger partial charge in [-0.1, -0.05) is 18.6 Å². The molecule has 7 nitrogen and oxygen atoms in total. The Kier molecular flexibility index (Phi) is 6.45. The Bertz CT molecular complexity index is 623. The van der Waals surface area contributed by atoms with Gasteiger partial charge in [0.1, 0.15) is 0 Å². The Balaban J connectivity index is 0.00000210. The first-order valence-electron chi connectivity index (χ1n) is 9.76. The summed E-state index contributed by atoms with van der Waals surface area (Å²) in [6.45, 7) is 1.53. The van der Waals surface area contributed by atoms with Crippen molar-refractivity contribution < 1.29 is 14.7 Å². The maximum absolute atomic E-state index is 12.6. The molecule has 2 amide bonds. The van der Waals surface area contributed by atoms with Crippen molar-refractivity contribution in [1.29, 1.82) is 0 Å². The number of halogens is 1. The van der Waals surface area contributed by atoms with Gasteiger partial charge in [-0.3, -0.25) is 19.5 Å². The van der Waals surface area contributed by atoms with Crippen LogP contribution in [0.1, 0.15) is 25.7 Å². The molecular weight excluding hydrogens is 459 g/mol. The Hall–Kier alpha value is -1.16. The average Bonchev–Trinajstić information content (AvgIpc) is 3.39. The first-order chi connectivity index (χ1) is 12.6. The van der Waals surface area contributed by atoms with Gasteiger partial charge in [-0.15, -0.1) is 24.0 Å². The number of allylic oxidation sites excluding steroid dienone is 2. The van der Waals surface area contributed by atoms with E-state index in [9.17, 15) is 14.7 Å². The molecule has 0 aromatic carbocycles. The number of carbonyl (C=O) groups is 2. The molecule has 6 unspecified atom stereocenters. The number of aliphatic hydroxyl groups excluding tert-OH is 1. The van der Waals surface area contributed by atoms with Gasteiger partial charge in [0.15, 0.2) is 5.96 Å². The summed E-state index contributed by atoms with van der Waals surface area (Å²) in [4.78, 5) is 30.9. The Morgan fingerprint density at radius 2 is 1.85 bits per heavy atom. The van der Waals surface area contributed by atoms with E-state index in [0.717, 1.165) is 25.7 Å². The lowest BCUT2D eigenvalue weighted by Gasteiger charge is -2.20. The largest absolute Gasteiger partial charge is 0.393 e.